The lowest BCUT2D eigenvalue weighted by Gasteiger charge is -2.00. The first kappa shape index (κ1) is 8.90. The molecule has 1 heterocycles. The van der Waals surface area contributed by atoms with Gasteiger partial charge in [0.1, 0.15) is 0 Å². The number of anilines is 1. The van der Waals surface area contributed by atoms with E-state index < -0.39 is 0 Å². The molecule has 0 radical (unpaired) electrons. The summed E-state index contributed by atoms with van der Waals surface area (Å²) in [5, 5.41) is 5.01. The van der Waals surface area contributed by atoms with Gasteiger partial charge in [-0.05, 0) is 12.1 Å². The number of amides is 1. The molecule has 0 fully saturated rings. The molecule has 1 aromatic carbocycles. The summed E-state index contributed by atoms with van der Waals surface area (Å²) >= 11 is 1.33. The number of thiazole rings is 1. The average Bonchev–Trinajstić information content (AvgIpc) is 2.72. The maximum atomic E-state index is 11.5. The summed E-state index contributed by atoms with van der Waals surface area (Å²) in [6.45, 7) is 0. The minimum Gasteiger partial charge on any atom is -0.320 e. The summed E-state index contributed by atoms with van der Waals surface area (Å²) in [6, 6.07) is 9.32. The molecule has 2 rings (SSSR count). The van der Waals surface area contributed by atoms with Crippen molar-refractivity contribution in [2.75, 3.05) is 5.32 Å². The molecule has 0 aliphatic carbocycles. The fourth-order valence-electron chi connectivity index (χ4n) is 1.04. The highest BCUT2D eigenvalue weighted by Gasteiger charge is 2.07. The van der Waals surface area contributed by atoms with Gasteiger partial charge in [0.25, 0.3) is 5.91 Å². The number of nitrogens with one attached hydrogen (secondary N) is 1. The smallest absolute Gasteiger partial charge is 0.284 e. The molecule has 0 aliphatic heterocycles. The zero-order valence-electron chi connectivity index (χ0n) is 7.31. The fourth-order valence-corrected chi connectivity index (χ4v) is 1.57. The van der Waals surface area contributed by atoms with Gasteiger partial charge >= 0.3 is 0 Å². The van der Waals surface area contributed by atoms with Crippen molar-refractivity contribution < 1.29 is 4.79 Å². The van der Waals surface area contributed by atoms with Gasteiger partial charge in [0.2, 0.25) is 0 Å². The molecular formula is C10H8N2OS. The number of aromatic nitrogens is 1. The maximum Gasteiger partial charge on any atom is 0.284 e. The normalized spacial score (nSPS) is 9.71. The highest BCUT2D eigenvalue weighted by atomic mass is 32.1. The number of benzene rings is 1. The molecule has 0 aliphatic rings. The first-order valence-corrected chi connectivity index (χ1v) is 5.00. The molecule has 1 N–H and O–H groups in total. The van der Waals surface area contributed by atoms with E-state index in [-0.39, 0.29) is 5.91 Å². The van der Waals surface area contributed by atoms with Gasteiger partial charge in [-0.1, -0.05) is 18.2 Å². The van der Waals surface area contributed by atoms with Crippen molar-refractivity contribution in [2.45, 2.75) is 0 Å². The fraction of sp³-hybridized carbons (Fsp3) is 0. The Morgan fingerprint density at radius 3 is 2.71 bits per heavy atom. The van der Waals surface area contributed by atoms with Crippen LogP contribution in [0, 0.1) is 0 Å². The van der Waals surface area contributed by atoms with Crippen LogP contribution in [-0.2, 0) is 0 Å². The first-order valence-electron chi connectivity index (χ1n) is 4.12. The molecule has 70 valence electrons. The summed E-state index contributed by atoms with van der Waals surface area (Å²) in [5.41, 5.74) is 0.785. The van der Waals surface area contributed by atoms with Crippen LogP contribution in [0.3, 0.4) is 0 Å². The van der Waals surface area contributed by atoms with Gasteiger partial charge in [-0.25, -0.2) is 4.98 Å². The van der Waals surface area contributed by atoms with Gasteiger partial charge in [-0.15, -0.1) is 11.3 Å². The molecule has 0 saturated heterocycles. The van der Waals surface area contributed by atoms with E-state index in [2.05, 4.69) is 10.3 Å². The first-order chi connectivity index (χ1) is 6.86. The van der Waals surface area contributed by atoms with Crippen molar-refractivity contribution in [3.8, 4) is 0 Å². The quantitative estimate of drug-likeness (QED) is 0.816. The van der Waals surface area contributed by atoms with Crippen LogP contribution in [0.15, 0.2) is 41.9 Å². The number of carbonyl (C=O) groups is 1. The average molecular weight is 204 g/mol. The maximum absolute atomic E-state index is 11.5. The van der Waals surface area contributed by atoms with Crippen LogP contribution in [0.25, 0.3) is 0 Å². The van der Waals surface area contributed by atoms with E-state index in [0.717, 1.165) is 5.69 Å². The minimum absolute atomic E-state index is 0.161. The molecule has 0 unspecified atom stereocenters. The van der Waals surface area contributed by atoms with Crippen molar-refractivity contribution >= 4 is 22.9 Å². The summed E-state index contributed by atoms with van der Waals surface area (Å²) < 4.78 is 0. The van der Waals surface area contributed by atoms with Crippen LogP contribution in [0.1, 0.15) is 9.80 Å². The zero-order valence-corrected chi connectivity index (χ0v) is 8.12. The van der Waals surface area contributed by atoms with Gasteiger partial charge in [-0.2, -0.15) is 0 Å². The molecule has 0 atom stereocenters. The second-order valence-electron chi connectivity index (χ2n) is 2.66. The summed E-state index contributed by atoms with van der Waals surface area (Å²) in [4.78, 5) is 15.4. The molecule has 0 saturated carbocycles. The molecule has 14 heavy (non-hydrogen) atoms. The van der Waals surface area contributed by atoms with E-state index in [1.54, 1.807) is 11.6 Å². The predicted molar refractivity (Wildman–Crippen MR) is 56.5 cm³/mol. The number of carbonyl (C=O) groups excluding carboxylic acids is 1. The third-order valence-electron chi connectivity index (χ3n) is 1.66. The molecule has 2 aromatic rings. The number of hydrogen-bond acceptors (Lipinski definition) is 3. The van der Waals surface area contributed by atoms with Crippen molar-refractivity contribution in [2.24, 2.45) is 0 Å². The van der Waals surface area contributed by atoms with E-state index in [9.17, 15) is 4.79 Å². The Morgan fingerprint density at radius 2 is 2.07 bits per heavy atom. The second kappa shape index (κ2) is 4.02. The van der Waals surface area contributed by atoms with Gasteiger partial charge in [-0.3, -0.25) is 4.79 Å². The number of nitrogens with zero attached hydrogens (tertiary/aromatic N) is 1. The summed E-state index contributed by atoms with van der Waals surface area (Å²) in [7, 11) is 0. The SMILES string of the molecule is O=C(Nc1ccccc1)c1nccs1. The van der Waals surface area contributed by atoms with Crippen molar-refractivity contribution in [3.05, 3.63) is 46.9 Å². The van der Waals surface area contributed by atoms with Crippen LogP contribution in [0.2, 0.25) is 0 Å². The summed E-state index contributed by atoms with van der Waals surface area (Å²) in [5.74, 6) is -0.161. The molecule has 1 aromatic heterocycles. The van der Waals surface area contributed by atoms with Crippen molar-refractivity contribution in [3.63, 3.8) is 0 Å². The summed E-state index contributed by atoms with van der Waals surface area (Å²) in [6.07, 6.45) is 1.62. The Bertz CT molecular complexity index is 411. The molecular weight excluding hydrogens is 196 g/mol. The number of para-hydroxylation sites is 1. The van der Waals surface area contributed by atoms with Crippen molar-refractivity contribution in [1.82, 2.24) is 4.98 Å². The minimum atomic E-state index is -0.161. The van der Waals surface area contributed by atoms with Crippen molar-refractivity contribution in [1.29, 1.82) is 0 Å². The Balaban J connectivity index is 2.10. The lowest BCUT2D eigenvalue weighted by Crippen LogP contribution is -2.10. The van der Waals surface area contributed by atoms with Gasteiger partial charge in [0, 0.05) is 17.3 Å². The van der Waals surface area contributed by atoms with E-state index in [4.69, 9.17) is 0 Å². The molecule has 1 amide bonds. The van der Waals surface area contributed by atoms with Crippen LogP contribution in [-0.4, -0.2) is 10.9 Å². The third kappa shape index (κ3) is 1.97. The van der Waals surface area contributed by atoms with Gasteiger partial charge in [0.15, 0.2) is 5.01 Å². The van der Waals surface area contributed by atoms with Gasteiger partial charge in [0.05, 0.1) is 0 Å². The predicted octanol–water partition coefficient (Wildman–Crippen LogP) is 2.40. The van der Waals surface area contributed by atoms with Crippen LogP contribution >= 0.6 is 11.3 Å². The standard InChI is InChI=1S/C10H8N2OS/c13-9(10-11-6-7-14-10)12-8-4-2-1-3-5-8/h1-7H,(H,12,13). The van der Waals surface area contributed by atoms with E-state index >= 15 is 0 Å². The largest absolute Gasteiger partial charge is 0.320 e. The van der Waals surface area contributed by atoms with Crippen LogP contribution in [0.4, 0.5) is 5.69 Å². The number of rotatable bonds is 2. The monoisotopic (exact) mass is 204 g/mol. The zero-order chi connectivity index (χ0) is 9.80. The van der Waals surface area contributed by atoms with Crippen LogP contribution in [0.5, 0.6) is 0 Å². The molecule has 0 bridgehead atoms. The number of hydrogen-bond donors (Lipinski definition) is 1. The van der Waals surface area contributed by atoms with E-state index in [1.165, 1.54) is 11.3 Å². The lowest BCUT2D eigenvalue weighted by molar-refractivity contribution is 0.102. The Kier molecular flexibility index (Phi) is 2.55. The Labute approximate surface area is 85.4 Å². The highest BCUT2D eigenvalue weighted by Crippen LogP contribution is 2.09. The lowest BCUT2D eigenvalue weighted by atomic mass is 10.3. The van der Waals surface area contributed by atoms with Gasteiger partial charge < -0.3 is 5.32 Å². The third-order valence-corrected chi connectivity index (χ3v) is 2.43. The highest BCUT2D eigenvalue weighted by molar-refractivity contribution is 7.11. The molecule has 3 nitrogen and oxygen atoms in total. The Morgan fingerprint density at radius 1 is 1.29 bits per heavy atom. The van der Waals surface area contributed by atoms with E-state index in [1.807, 2.05) is 30.3 Å². The molecule has 0 spiro atoms. The topological polar surface area (TPSA) is 42.0 Å². The van der Waals surface area contributed by atoms with Crippen LogP contribution < -0.4 is 5.32 Å². The second-order valence-corrected chi connectivity index (χ2v) is 3.55. The van der Waals surface area contributed by atoms with E-state index in [0.29, 0.717) is 5.01 Å². The molecule has 4 heteroatoms. The Hall–Kier alpha value is -1.68.